The van der Waals surface area contributed by atoms with Gasteiger partial charge in [0, 0.05) is 13.5 Å². The molecule has 0 radical (unpaired) electrons. The van der Waals surface area contributed by atoms with Crippen molar-refractivity contribution >= 4 is 17.8 Å². The minimum absolute atomic E-state index is 0.332. The molecule has 1 rings (SSSR count). The van der Waals surface area contributed by atoms with Crippen LogP contribution < -0.4 is 0 Å². The van der Waals surface area contributed by atoms with Crippen molar-refractivity contribution in [3.05, 3.63) is 0 Å². The molecule has 0 bridgehead atoms. The molecule has 1 unspecified atom stereocenters. The van der Waals surface area contributed by atoms with Crippen molar-refractivity contribution in [3.63, 3.8) is 0 Å². The number of nitrogens with zero attached hydrogens (tertiary/aromatic N) is 1. The van der Waals surface area contributed by atoms with Gasteiger partial charge in [-0.25, -0.2) is 4.79 Å². The van der Waals surface area contributed by atoms with E-state index in [1.54, 1.807) is 0 Å². The lowest BCUT2D eigenvalue weighted by Gasteiger charge is -2.36. The third-order valence-corrected chi connectivity index (χ3v) is 2.79. The standard InChI is InChI=1S/C10H15NO5/c1-6(12)11-5-3-4-7(10(15)16-2)8(11)9(13)14/h7-8H,3-5H2,1-2H3,(H,13,14)/t7?,8-/m0/s1. The van der Waals surface area contributed by atoms with E-state index >= 15 is 0 Å². The minimum Gasteiger partial charge on any atom is -0.480 e. The van der Waals surface area contributed by atoms with Gasteiger partial charge in [0.05, 0.1) is 13.0 Å². The molecule has 0 aromatic heterocycles. The van der Waals surface area contributed by atoms with Crippen molar-refractivity contribution in [3.8, 4) is 0 Å². The topological polar surface area (TPSA) is 83.9 Å². The number of carbonyl (C=O) groups is 3. The smallest absolute Gasteiger partial charge is 0.327 e. The molecule has 0 aromatic carbocycles. The quantitative estimate of drug-likeness (QED) is 0.667. The number of amides is 1. The lowest BCUT2D eigenvalue weighted by atomic mass is 9.89. The van der Waals surface area contributed by atoms with Crippen molar-refractivity contribution in [2.75, 3.05) is 13.7 Å². The second-order valence-corrected chi connectivity index (χ2v) is 3.77. The molecule has 6 nitrogen and oxygen atoms in total. The maximum Gasteiger partial charge on any atom is 0.327 e. The molecule has 1 N–H and O–H groups in total. The van der Waals surface area contributed by atoms with Gasteiger partial charge >= 0.3 is 11.9 Å². The number of piperidine rings is 1. The minimum atomic E-state index is -1.16. The van der Waals surface area contributed by atoms with E-state index in [1.807, 2.05) is 0 Å². The van der Waals surface area contributed by atoms with Crippen molar-refractivity contribution in [1.82, 2.24) is 4.90 Å². The number of carbonyl (C=O) groups excluding carboxylic acids is 2. The summed E-state index contributed by atoms with van der Waals surface area (Å²) >= 11 is 0. The number of carboxylic acids is 1. The SMILES string of the molecule is COC(=O)C1CCCN(C(C)=O)[C@@H]1C(=O)O. The molecule has 0 aliphatic carbocycles. The fourth-order valence-electron chi connectivity index (χ4n) is 2.05. The first-order valence-corrected chi connectivity index (χ1v) is 5.07. The van der Waals surface area contributed by atoms with Gasteiger partial charge < -0.3 is 14.7 Å². The Morgan fingerprint density at radius 3 is 2.44 bits per heavy atom. The third kappa shape index (κ3) is 2.32. The summed E-state index contributed by atoms with van der Waals surface area (Å²) in [4.78, 5) is 35.0. The van der Waals surface area contributed by atoms with Crippen LogP contribution in [-0.2, 0) is 19.1 Å². The van der Waals surface area contributed by atoms with Gasteiger partial charge in [-0.05, 0) is 12.8 Å². The number of hydrogen-bond donors (Lipinski definition) is 1. The van der Waals surface area contributed by atoms with Gasteiger partial charge in [-0.1, -0.05) is 0 Å². The van der Waals surface area contributed by atoms with Gasteiger partial charge in [0.15, 0.2) is 0 Å². The van der Waals surface area contributed by atoms with Crippen LogP contribution in [0, 0.1) is 5.92 Å². The Balaban J connectivity index is 2.95. The van der Waals surface area contributed by atoms with Crippen LogP contribution in [0.4, 0.5) is 0 Å². The maximum atomic E-state index is 11.4. The Morgan fingerprint density at radius 2 is 2.00 bits per heavy atom. The van der Waals surface area contributed by atoms with E-state index in [-0.39, 0.29) is 5.91 Å². The number of hydrogen-bond acceptors (Lipinski definition) is 4. The maximum absolute atomic E-state index is 11.4. The highest BCUT2D eigenvalue weighted by Gasteiger charge is 2.42. The highest BCUT2D eigenvalue weighted by molar-refractivity contribution is 5.88. The molecule has 1 aliphatic rings. The zero-order valence-electron chi connectivity index (χ0n) is 9.30. The third-order valence-electron chi connectivity index (χ3n) is 2.79. The van der Waals surface area contributed by atoms with E-state index < -0.39 is 23.9 Å². The molecule has 1 saturated heterocycles. The molecule has 0 saturated carbocycles. The van der Waals surface area contributed by atoms with Crippen LogP contribution in [0.1, 0.15) is 19.8 Å². The van der Waals surface area contributed by atoms with E-state index in [9.17, 15) is 14.4 Å². The van der Waals surface area contributed by atoms with Crippen LogP contribution in [0.3, 0.4) is 0 Å². The molecule has 6 heteroatoms. The highest BCUT2D eigenvalue weighted by atomic mass is 16.5. The molecule has 1 fully saturated rings. The van der Waals surface area contributed by atoms with Gasteiger partial charge in [-0.2, -0.15) is 0 Å². The van der Waals surface area contributed by atoms with Crippen LogP contribution in [0.25, 0.3) is 0 Å². The second-order valence-electron chi connectivity index (χ2n) is 3.77. The molecular weight excluding hydrogens is 214 g/mol. The van der Waals surface area contributed by atoms with Crippen LogP contribution in [-0.4, -0.2) is 47.5 Å². The van der Waals surface area contributed by atoms with Crippen molar-refractivity contribution < 1.29 is 24.2 Å². The molecule has 16 heavy (non-hydrogen) atoms. The number of esters is 1. The first-order chi connectivity index (χ1) is 7.49. The van der Waals surface area contributed by atoms with Gasteiger partial charge in [-0.15, -0.1) is 0 Å². The van der Waals surface area contributed by atoms with Gasteiger partial charge in [-0.3, -0.25) is 9.59 Å². The number of ether oxygens (including phenoxy) is 1. The van der Waals surface area contributed by atoms with Crippen LogP contribution in [0.5, 0.6) is 0 Å². The van der Waals surface area contributed by atoms with Crippen molar-refractivity contribution in [1.29, 1.82) is 0 Å². The van der Waals surface area contributed by atoms with E-state index in [1.165, 1.54) is 18.9 Å². The fourth-order valence-corrected chi connectivity index (χ4v) is 2.05. The fraction of sp³-hybridized carbons (Fsp3) is 0.700. The first-order valence-electron chi connectivity index (χ1n) is 5.07. The van der Waals surface area contributed by atoms with Gasteiger partial charge in [0.2, 0.25) is 5.91 Å². The summed E-state index contributed by atoms with van der Waals surface area (Å²) in [5.74, 6) is -2.83. The largest absolute Gasteiger partial charge is 0.480 e. The summed E-state index contributed by atoms with van der Waals surface area (Å²) in [5, 5.41) is 9.07. The summed E-state index contributed by atoms with van der Waals surface area (Å²) in [6, 6.07) is -1.10. The molecule has 1 amide bonds. The van der Waals surface area contributed by atoms with Gasteiger partial charge in [0.1, 0.15) is 6.04 Å². The van der Waals surface area contributed by atoms with Crippen LogP contribution >= 0.6 is 0 Å². The number of rotatable bonds is 2. The van der Waals surface area contributed by atoms with Crippen molar-refractivity contribution in [2.24, 2.45) is 5.92 Å². The van der Waals surface area contributed by atoms with Gasteiger partial charge in [0.25, 0.3) is 0 Å². The van der Waals surface area contributed by atoms with E-state index in [2.05, 4.69) is 4.74 Å². The van der Waals surface area contributed by atoms with Crippen molar-refractivity contribution in [2.45, 2.75) is 25.8 Å². The predicted molar refractivity (Wildman–Crippen MR) is 53.6 cm³/mol. The molecule has 1 aliphatic heterocycles. The number of likely N-dealkylation sites (tertiary alicyclic amines) is 1. The monoisotopic (exact) mass is 229 g/mol. The molecular formula is C10H15NO5. The molecule has 2 atom stereocenters. The predicted octanol–water partition coefficient (Wildman–Crippen LogP) is -0.129. The zero-order chi connectivity index (χ0) is 12.3. The van der Waals surface area contributed by atoms with E-state index in [0.29, 0.717) is 19.4 Å². The molecule has 0 spiro atoms. The van der Waals surface area contributed by atoms with E-state index in [0.717, 1.165) is 0 Å². The average Bonchev–Trinajstić information content (AvgIpc) is 2.26. The summed E-state index contributed by atoms with van der Waals surface area (Å²) in [6.07, 6.45) is 1.05. The number of aliphatic carboxylic acids is 1. The van der Waals surface area contributed by atoms with Crippen LogP contribution in [0.2, 0.25) is 0 Å². The number of carboxylic acid groups (broad SMARTS) is 1. The highest BCUT2D eigenvalue weighted by Crippen LogP contribution is 2.25. The average molecular weight is 229 g/mol. The molecule has 90 valence electrons. The lowest BCUT2D eigenvalue weighted by molar-refractivity contribution is -0.163. The Hall–Kier alpha value is -1.59. The second kappa shape index (κ2) is 4.96. The molecule has 0 aromatic rings. The van der Waals surface area contributed by atoms with E-state index in [4.69, 9.17) is 5.11 Å². The Morgan fingerprint density at radius 1 is 1.38 bits per heavy atom. The Labute approximate surface area is 93.2 Å². The first kappa shape index (κ1) is 12.5. The lowest BCUT2D eigenvalue weighted by Crippen LogP contribution is -2.54. The Kier molecular flexibility index (Phi) is 3.87. The summed E-state index contributed by atoms with van der Waals surface area (Å²) in [5.41, 5.74) is 0. The zero-order valence-corrected chi connectivity index (χ0v) is 9.30. The van der Waals surface area contributed by atoms with Crippen LogP contribution in [0.15, 0.2) is 0 Å². The summed E-state index contributed by atoms with van der Waals surface area (Å²) < 4.78 is 4.56. The number of methoxy groups -OCH3 is 1. The summed E-state index contributed by atoms with van der Waals surface area (Å²) in [7, 11) is 1.22. The summed E-state index contributed by atoms with van der Waals surface area (Å²) in [6.45, 7) is 1.68. The Bertz CT molecular complexity index is 314. The normalized spacial score (nSPS) is 25.0. The molecule has 1 heterocycles.